The zero-order chi connectivity index (χ0) is 4.99. The molecule has 7 heavy (non-hydrogen) atoms. The Balaban J connectivity index is 0. The number of rotatable bonds is 2. The van der Waals surface area contributed by atoms with Gasteiger partial charge >= 0.3 is 0 Å². The van der Waals surface area contributed by atoms with Crippen molar-refractivity contribution in [2.75, 3.05) is 13.1 Å². The fraction of sp³-hybridized carbons (Fsp3) is 1.00. The molecule has 0 saturated heterocycles. The van der Waals surface area contributed by atoms with Crippen molar-refractivity contribution in [1.82, 2.24) is 5.06 Å². The summed E-state index contributed by atoms with van der Waals surface area (Å²) in [6, 6.07) is 0. The van der Waals surface area contributed by atoms with Crippen molar-refractivity contribution in [3.63, 3.8) is 0 Å². The third-order valence-electron chi connectivity index (χ3n) is 0.730. The van der Waals surface area contributed by atoms with Crippen molar-refractivity contribution in [1.29, 1.82) is 0 Å². The summed E-state index contributed by atoms with van der Waals surface area (Å²) in [5, 5.41) is 9.75. The quantitative estimate of drug-likeness (QED) is 0.560. The average Bonchev–Trinajstić information content (AvgIpc) is 1.65. The van der Waals surface area contributed by atoms with Crippen molar-refractivity contribution in [3.05, 3.63) is 0 Å². The van der Waals surface area contributed by atoms with Gasteiger partial charge in [0.15, 0.2) is 0 Å². The molecule has 2 nitrogen and oxygen atoms in total. The van der Waals surface area contributed by atoms with E-state index in [4.69, 9.17) is 5.21 Å². The lowest BCUT2D eigenvalue weighted by atomic mass is 10.6. The van der Waals surface area contributed by atoms with E-state index in [0.717, 1.165) is 13.1 Å². The van der Waals surface area contributed by atoms with Crippen LogP contribution in [0.5, 0.6) is 0 Å². The van der Waals surface area contributed by atoms with Crippen LogP contribution in [0.3, 0.4) is 0 Å². The first-order valence-electron chi connectivity index (χ1n) is 2.25. The maximum absolute atomic E-state index is 8.50. The molecule has 46 valence electrons. The molecule has 0 fully saturated rings. The standard InChI is InChI=1S/C4H11NO.ClH/c1-3-5(6)4-2;/h6H,3-4H2,1-2H3;1H. The number of hydroxylamine groups is 2. The van der Waals surface area contributed by atoms with Crippen molar-refractivity contribution in [2.45, 2.75) is 13.8 Å². The van der Waals surface area contributed by atoms with Gasteiger partial charge in [-0.15, -0.1) is 12.4 Å². The predicted octanol–water partition coefficient (Wildman–Crippen LogP) is 1.14. The molecule has 0 aliphatic rings. The van der Waals surface area contributed by atoms with Crippen LogP contribution in [0, 0.1) is 0 Å². The molecule has 3 heteroatoms. The largest absolute Gasteiger partial charge is 0.314 e. The zero-order valence-corrected chi connectivity index (χ0v) is 5.53. The predicted molar refractivity (Wildman–Crippen MR) is 32.0 cm³/mol. The Bertz CT molecular complexity index is 30.9. The molecular formula is C4H12ClNO. The van der Waals surface area contributed by atoms with Crippen molar-refractivity contribution < 1.29 is 5.21 Å². The van der Waals surface area contributed by atoms with Gasteiger partial charge in [-0.25, -0.2) is 0 Å². The fourth-order valence-corrected chi connectivity index (χ4v) is 0.224. The molecular weight excluding hydrogens is 114 g/mol. The minimum Gasteiger partial charge on any atom is -0.314 e. The number of hydrogen-bond donors (Lipinski definition) is 1. The smallest absolute Gasteiger partial charge is 0.0209 e. The van der Waals surface area contributed by atoms with E-state index in [1.165, 1.54) is 5.06 Å². The summed E-state index contributed by atoms with van der Waals surface area (Å²) in [7, 11) is 0. The SMILES string of the molecule is CCN(O)CC.Cl. The molecule has 0 rings (SSSR count). The molecule has 0 aromatic carbocycles. The van der Waals surface area contributed by atoms with Gasteiger partial charge in [0, 0.05) is 13.1 Å². The van der Waals surface area contributed by atoms with Crippen molar-refractivity contribution >= 4 is 12.4 Å². The van der Waals surface area contributed by atoms with Crippen LogP contribution in [-0.4, -0.2) is 23.4 Å². The van der Waals surface area contributed by atoms with Crippen LogP contribution in [0.2, 0.25) is 0 Å². The zero-order valence-electron chi connectivity index (χ0n) is 4.72. The first-order chi connectivity index (χ1) is 2.81. The van der Waals surface area contributed by atoms with E-state index < -0.39 is 0 Å². The highest BCUT2D eigenvalue weighted by molar-refractivity contribution is 5.85. The lowest BCUT2D eigenvalue weighted by Crippen LogP contribution is -2.16. The molecule has 0 amide bonds. The molecule has 0 atom stereocenters. The molecule has 0 aliphatic heterocycles. The third-order valence-corrected chi connectivity index (χ3v) is 0.730. The van der Waals surface area contributed by atoms with Crippen LogP contribution in [0.25, 0.3) is 0 Å². The van der Waals surface area contributed by atoms with Crippen LogP contribution in [0.4, 0.5) is 0 Å². The van der Waals surface area contributed by atoms with E-state index in [9.17, 15) is 0 Å². The van der Waals surface area contributed by atoms with Gasteiger partial charge in [-0.2, -0.15) is 5.06 Å². The van der Waals surface area contributed by atoms with Gasteiger partial charge in [0.1, 0.15) is 0 Å². The Morgan fingerprint density at radius 2 is 1.57 bits per heavy atom. The highest BCUT2D eigenvalue weighted by atomic mass is 35.5. The molecule has 0 heterocycles. The number of hydrogen-bond acceptors (Lipinski definition) is 2. The first-order valence-corrected chi connectivity index (χ1v) is 2.25. The van der Waals surface area contributed by atoms with Gasteiger partial charge in [-0.05, 0) is 0 Å². The van der Waals surface area contributed by atoms with Gasteiger partial charge in [-0.3, -0.25) is 0 Å². The topological polar surface area (TPSA) is 23.5 Å². The Morgan fingerprint density at radius 1 is 1.29 bits per heavy atom. The molecule has 0 spiro atoms. The molecule has 0 bridgehead atoms. The summed E-state index contributed by atoms with van der Waals surface area (Å²) >= 11 is 0. The van der Waals surface area contributed by atoms with Crippen molar-refractivity contribution in [2.24, 2.45) is 0 Å². The minimum absolute atomic E-state index is 0. The normalized spacial score (nSPS) is 8.57. The number of nitrogens with zero attached hydrogens (tertiary/aromatic N) is 1. The van der Waals surface area contributed by atoms with Crippen LogP contribution < -0.4 is 0 Å². The summed E-state index contributed by atoms with van der Waals surface area (Å²) in [6.07, 6.45) is 0. The second-order valence-electron chi connectivity index (χ2n) is 1.14. The van der Waals surface area contributed by atoms with E-state index >= 15 is 0 Å². The Labute approximate surface area is 50.5 Å². The van der Waals surface area contributed by atoms with Crippen LogP contribution in [0.1, 0.15) is 13.8 Å². The van der Waals surface area contributed by atoms with Gasteiger partial charge in [0.05, 0.1) is 0 Å². The molecule has 0 aromatic rings. The van der Waals surface area contributed by atoms with Crippen LogP contribution in [-0.2, 0) is 0 Å². The summed E-state index contributed by atoms with van der Waals surface area (Å²) in [4.78, 5) is 0. The molecule has 0 saturated carbocycles. The van der Waals surface area contributed by atoms with Gasteiger partial charge in [0.25, 0.3) is 0 Å². The Hall–Kier alpha value is 0.210. The average molecular weight is 126 g/mol. The molecule has 0 unspecified atom stereocenters. The number of halogens is 1. The van der Waals surface area contributed by atoms with Gasteiger partial charge in [-0.1, -0.05) is 13.8 Å². The van der Waals surface area contributed by atoms with E-state index in [-0.39, 0.29) is 12.4 Å². The second-order valence-corrected chi connectivity index (χ2v) is 1.14. The van der Waals surface area contributed by atoms with Crippen LogP contribution >= 0.6 is 12.4 Å². The fourth-order valence-electron chi connectivity index (χ4n) is 0.224. The van der Waals surface area contributed by atoms with E-state index in [0.29, 0.717) is 0 Å². The van der Waals surface area contributed by atoms with E-state index in [2.05, 4.69) is 0 Å². The molecule has 0 aliphatic carbocycles. The molecule has 0 radical (unpaired) electrons. The van der Waals surface area contributed by atoms with Gasteiger partial charge in [0.2, 0.25) is 0 Å². The summed E-state index contributed by atoms with van der Waals surface area (Å²) in [6.45, 7) is 5.25. The van der Waals surface area contributed by atoms with Crippen LogP contribution in [0.15, 0.2) is 0 Å². The first kappa shape index (κ1) is 10.2. The lowest BCUT2D eigenvalue weighted by Gasteiger charge is -2.05. The monoisotopic (exact) mass is 125 g/mol. The van der Waals surface area contributed by atoms with Gasteiger partial charge < -0.3 is 5.21 Å². The highest BCUT2D eigenvalue weighted by Gasteiger charge is 1.84. The van der Waals surface area contributed by atoms with E-state index in [1.54, 1.807) is 0 Å². The maximum atomic E-state index is 8.50. The molecule has 0 aromatic heterocycles. The second kappa shape index (κ2) is 6.21. The summed E-state index contributed by atoms with van der Waals surface area (Å²) in [5.41, 5.74) is 0. The summed E-state index contributed by atoms with van der Waals surface area (Å²) in [5.74, 6) is 0. The third kappa shape index (κ3) is 6.21. The lowest BCUT2D eigenvalue weighted by molar-refractivity contribution is -0.0813. The highest BCUT2D eigenvalue weighted by Crippen LogP contribution is 1.73. The minimum atomic E-state index is 0. The van der Waals surface area contributed by atoms with E-state index in [1.807, 2.05) is 13.8 Å². The summed E-state index contributed by atoms with van der Waals surface area (Å²) < 4.78 is 0. The Morgan fingerprint density at radius 3 is 1.57 bits per heavy atom. The maximum Gasteiger partial charge on any atom is 0.0209 e. The Kier molecular flexibility index (Phi) is 9.09. The molecule has 1 N–H and O–H groups in total. The van der Waals surface area contributed by atoms with Crippen molar-refractivity contribution in [3.8, 4) is 0 Å².